The Balaban J connectivity index is 2.22. The number of hydrogen-bond donors (Lipinski definition) is 2. The van der Waals surface area contributed by atoms with Crippen LogP contribution in [-0.4, -0.2) is 31.9 Å². The average Bonchev–Trinajstić information content (AvgIpc) is 2.56. The number of rotatable bonds is 4. The maximum absolute atomic E-state index is 12.4. The minimum atomic E-state index is -3.48. The summed E-state index contributed by atoms with van der Waals surface area (Å²) in [6, 6.07) is 7.42. The van der Waals surface area contributed by atoms with Crippen molar-refractivity contribution >= 4 is 21.4 Å². The van der Waals surface area contributed by atoms with Crippen LogP contribution in [0.3, 0.4) is 0 Å². The molecule has 1 heterocycles. The second-order valence-electron chi connectivity index (χ2n) is 5.34. The zero-order chi connectivity index (χ0) is 14.8. The molecular formula is C14H20N2O3S. The Morgan fingerprint density at radius 3 is 2.80 bits per heavy atom. The molecule has 0 saturated carbocycles. The van der Waals surface area contributed by atoms with Gasteiger partial charge in [-0.25, -0.2) is 8.42 Å². The van der Waals surface area contributed by atoms with Gasteiger partial charge in [-0.3, -0.25) is 4.79 Å². The normalized spacial score (nSPS) is 20.7. The molecule has 1 aliphatic rings. The Bertz CT molecular complexity index is 598. The Kier molecular flexibility index (Phi) is 4.45. The number of hydrogen-bond acceptors (Lipinski definition) is 4. The van der Waals surface area contributed by atoms with Gasteiger partial charge in [0.1, 0.15) is 5.25 Å². The summed E-state index contributed by atoms with van der Waals surface area (Å²) < 4.78 is 24.7. The summed E-state index contributed by atoms with van der Waals surface area (Å²) in [7, 11) is -3.48. The van der Waals surface area contributed by atoms with Crippen molar-refractivity contribution in [3.05, 3.63) is 29.8 Å². The van der Waals surface area contributed by atoms with Crippen molar-refractivity contribution < 1.29 is 13.2 Å². The lowest BCUT2D eigenvalue weighted by molar-refractivity contribution is -0.115. The topological polar surface area (TPSA) is 89.3 Å². The van der Waals surface area contributed by atoms with Crippen molar-refractivity contribution in [2.24, 2.45) is 11.7 Å². The summed E-state index contributed by atoms with van der Waals surface area (Å²) in [5, 5.41) is 1.74. The Morgan fingerprint density at radius 1 is 1.40 bits per heavy atom. The van der Waals surface area contributed by atoms with Gasteiger partial charge in [0.2, 0.25) is 5.91 Å². The number of nitrogens with two attached hydrogens (primary N) is 1. The molecule has 0 aromatic heterocycles. The van der Waals surface area contributed by atoms with Crippen molar-refractivity contribution in [2.45, 2.75) is 25.0 Å². The van der Waals surface area contributed by atoms with Crippen LogP contribution in [0.25, 0.3) is 0 Å². The predicted molar refractivity (Wildman–Crippen MR) is 79.2 cm³/mol. The lowest BCUT2D eigenvalue weighted by Gasteiger charge is -2.16. The van der Waals surface area contributed by atoms with Crippen LogP contribution in [-0.2, 0) is 21.1 Å². The second kappa shape index (κ2) is 5.93. The molecule has 5 nitrogen and oxygen atoms in total. The highest BCUT2D eigenvalue weighted by atomic mass is 32.2. The number of para-hydroxylation sites is 1. The molecule has 0 spiro atoms. The van der Waals surface area contributed by atoms with E-state index in [9.17, 15) is 13.2 Å². The first-order valence-electron chi connectivity index (χ1n) is 6.74. The highest BCUT2D eigenvalue weighted by Gasteiger charge is 2.35. The molecule has 3 N–H and O–H groups in total. The van der Waals surface area contributed by atoms with Crippen LogP contribution < -0.4 is 11.1 Å². The summed E-state index contributed by atoms with van der Waals surface area (Å²) in [6.45, 7) is 2.08. The molecule has 6 heteroatoms. The molecule has 110 valence electrons. The van der Waals surface area contributed by atoms with Crippen LogP contribution in [0, 0.1) is 5.92 Å². The first-order valence-corrected chi connectivity index (χ1v) is 8.46. The summed E-state index contributed by atoms with van der Waals surface area (Å²) in [6.07, 6.45) is 0.901. The molecule has 0 aliphatic carbocycles. The molecule has 2 rings (SSSR count). The second-order valence-corrected chi connectivity index (χ2v) is 7.57. The first-order chi connectivity index (χ1) is 9.44. The van der Waals surface area contributed by atoms with E-state index >= 15 is 0 Å². The number of amides is 1. The Hall–Kier alpha value is -1.40. The van der Waals surface area contributed by atoms with Gasteiger partial charge in [-0.2, -0.15) is 0 Å². The number of anilines is 1. The zero-order valence-corrected chi connectivity index (χ0v) is 12.3. The lowest BCUT2D eigenvalue weighted by Crippen LogP contribution is -2.38. The molecular weight excluding hydrogens is 276 g/mol. The van der Waals surface area contributed by atoms with Crippen LogP contribution >= 0.6 is 0 Å². The molecule has 0 bridgehead atoms. The van der Waals surface area contributed by atoms with Crippen LogP contribution in [0.5, 0.6) is 0 Å². The highest BCUT2D eigenvalue weighted by Crippen LogP contribution is 2.25. The molecule has 20 heavy (non-hydrogen) atoms. The maximum atomic E-state index is 12.4. The number of benzene rings is 1. The molecule has 0 saturated heterocycles. The largest absolute Gasteiger partial charge is 0.330 e. The van der Waals surface area contributed by atoms with Gasteiger partial charge in [-0.1, -0.05) is 25.1 Å². The van der Waals surface area contributed by atoms with E-state index in [-0.39, 0.29) is 11.7 Å². The fourth-order valence-corrected chi connectivity index (χ4v) is 4.44. The molecule has 1 aromatic carbocycles. The fraction of sp³-hybridized carbons (Fsp3) is 0.500. The van der Waals surface area contributed by atoms with Crippen molar-refractivity contribution in [1.82, 2.24) is 0 Å². The van der Waals surface area contributed by atoms with Crippen LogP contribution in [0.15, 0.2) is 24.3 Å². The lowest BCUT2D eigenvalue weighted by atomic mass is 10.1. The van der Waals surface area contributed by atoms with Crippen molar-refractivity contribution in [2.75, 3.05) is 17.6 Å². The Morgan fingerprint density at radius 2 is 2.10 bits per heavy atom. The van der Waals surface area contributed by atoms with Gasteiger partial charge in [-0.05, 0) is 36.9 Å². The third-order valence-corrected chi connectivity index (χ3v) is 5.95. The summed E-state index contributed by atoms with van der Waals surface area (Å²) in [4.78, 5) is 12.2. The average molecular weight is 296 g/mol. The van der Waals surface area contributed by atoms with E-state index in [4.69, 9.17) is 5.73 Å². The third kappa shape index (κ3) is 3.19. The summed E-state index contributed by atoms with van der Waals surface area (Å²) in [5.74, 6) is -0.615. The van der Waals surface area contributed by atoms with Crippen molar-refractivity contribution in [1.29, 1.82) is 0 Å². The predicted octanol–water partition coefficient (Wildman–Crippen LogP) is 0.949. The molecule has 0 radical (unpaired) electrons. The molecule has 1 aliphatic heterocycles. The van der Waals surface area contributed by atoms with E-state index in [0.29, 0.717) is 25.1 Å². The number of fused-ring (bicyclic) bond motifs is 1. The van der Waals surface area contributed by atoms with Crippen LogP contribution in [0.1, 0.15) is 18.9 Å². The molecule has 0 fully saturated rings. The van der Waals surface area contributed by atoms with E-state index in [0.717, 1.165) is 5.56 Å². The van der Waals surface area contributed by atoms with Crippen LogP contribution in [0.4, 0.5) is 5.69 Å². The molecule has 2 atom stereocenters. The summed E-state index contributed by atoms with van der Waals surface area (Å²) in [5.41, 5.74) is 7.17. The van der Waals surface area contributed by atoms with Crippen LogP contribution in [0.2, 0.25) is 0 Å². The zero-order valence-electron chi connectivity index (χ0n) is 11.5. The molecule has 1 amide bonds. The number of carbonyl (C=O) groups is 1. The highest BCUT2D eigenvalue weighted by molar-refractivity contribution is 7.92. The fourth-order valence-electron chi connectivity index (χ4n) is 2.41. The number of aryl methyl sites for hydroxylation is 1. The van der Waals surface area contributed by atoms with Crippen molar-refractivity contribution in [3.8, 4) is 0 Å². The van der Waals surface area contributed by atoms with Gasteiger partial charge in [0.25, 0.3) is 0 Å². The summed E-state index contributed by atoms with van der Waals surface area (Å²) >= 11 is 0. The van der Waals surface area contributed by atoms with E-state index < -0.39 is 21.0 Å². The monoisotopic (exact) mass is 296 g/mol. The smallest absolute Gasteiger partial charge is 0.242 e. The number of carbonyl (C=O) groups excluding carboxylic acids is 1. The SMILES string of the molecule is CC(CN)CS(=O)(=O)C1CCc2ccccc2NC1=O. The quantitative estimate of drug-likeness (QED) is 0.865. The van der Waals surface area contributed by atoms with Gasteiger partial charge in [0, 0.05) is 5.69 Å². The van der Waals surface area contributed by atoms with Gasteiger partial charge in [0.05, 0.1) is 5.75 Å². The molecule has 2 unspecified atom stereocenters. The van der Waals surface area contributed by atoms with Gasteiger partial charge in [0.15, 0.2) is 9.84 Å². The van der Waals surface area contributed by atoms with E-state index in [1.807, 2.05) is 18.2 Å². The van der Waals surface area contributed by atoms with Gasteiger partial charge >= 0.3 is 0 Å². The standard InChI is InChI=1S/C14H20N2O3S/c1-10(8-15)9-20(18,19)13-7-6-11-4-2-3-5-12(11)16-14(13)17/h2-5,10,13H,6-9,15H2,1H3,(H,16,17). The number of sulfone groups is 1. The minimum Gasteiger partial charge on any atom is -0.330 e. The Labute approximate surface area is 119 Å². The molecule has 1 aromatic rings. The van der Waals surface area contributed by atoms with E-state index in [1.165, 1.54) is 0 Å². The van der Waals surface area contributed by atoms with Crippen molar-refractivity contribution in [3.63, 3.8) is 0 Å². The number of nitrogens with one attached hydrogen (secondary N) is 1. The maximum Gasteiger partial charge on any atom is 0.242 e. The van der Waals surface area contributed by atoms with E-state index in [2.05, 4.69) is 5.32 Å². The minimum absolute atomic E-state index is 0.0437. The van der Waals surface area contributed by atoms with E-state index in [1.54, 1.807) is 13.0 Å². The third-order valence-electron chi connectivity index (χ3n) is 3.60. The van der Waals surface area contributed by atoms with Gasteiger partial charge in [-0.15, -0.1) is 0 Å². The van der Waals surface area contributed by atoms with Gasteiger partial charge < -0.3 is 11.1 Å². The first kappa shape index (κ1) is 15.0.